The van der Waals surface area contributed by atoms with Crippen LogP contribution in [0.1, 0.15) is 30.6 Å². The molecular formula is C14H20BrN3O3. The van der Waals surface area contributed by atoms with Crippen molar-refractivity contribution < 1.29 is 9.72 Å². The number of nitro benzene ring substituents is 1. The lowest BCUT2D eigenvalue weighted by molar-refractivity contribution is -0.385. The van der Waals surface area contributed by atoms with Gasteiger partial charge in [-0.15, -0.1) is 0 Å². The van der Waals surface area contributed by atoms with Crippen molar-refractivity contribution in [1.29, 1.82) is 0 Å². The molecule has 1 aromatic rings. The molecule has 0 bridgehead atoms. The van der Waals surface area contributed by atoms with E-state index in [1.807, 2.05) is 0 Å². The summed E-state index contributed by atoms with van der Waals surface area (Å²) < 4.78 is 0.365. The lowest BCUT2D eigenvalue weighted by atomic mass is 10.2. The zero-order valence-corrected chi connectivity index (χ0v) is 13.9. The van der Waals surface area contributed by atoms with Gasteiger partial charge in [-0.2, -0.15) is 0 Å². The summed E-state index contributed by atoms with van der Waals surface area (Å²) in [6, 6.07) is 4.36. The minimum Gasteiger partial charge on any atom is -0.351 e. The number of nitrogens with one attached hydrogen (secondary N) is 1. The fraction of sp³-hybridized carbons (Fsp3) is 0.500. The molecule has 1 N–H and O–H groups in total. The maximum absolute atomic E-state index is 12.0. The molecule has 0 heterocycles. The second kappa shape index (κ2) is 8.74. The smallest absolute Gasteiger partial charge is 0.284 e. The molecule has 0 fully saturated rings. The van der Waals surface area contributed by atoms with E-state index in [0.29, 0.717) is 16.6 Å². The summed E-state index contributed by atoms with van der Waals surface area (Å²) in [5, 5.41) is 13.6. The van der Waals surface area contributed by atoms with Crippen LogP contribution in [0.3, 0.4) is 0 Å². The average Bonchev–Trinajstić information content (AvgIpc) is 2.46. The zero-order chi connectivity index (χ0) is 15.8. The van der Waals surface area contributed by atoms with Crippen LogP contribution in [-0.4, -0.2) is 41.9 Å². The van der Waals surface area contributed by atoms with Crippen molar-refractivity contribution in [2.75, 3.05) is 26.2 Å². The third kappa shape index (κ3) is 5.43. The Balaban J connectivity index is 2.60. The second-order valence-electron chi connectivity index (χ2n) is 4.61. The van der Waals surface area contributed by atoms with Gasteiger partial charge in [0.1, 0.15) is 0 Å². The summed E-state index contributed by atoms with van der Waals surface area (Å²) in [6.45, 7) is 7.42. The SMILES string of the molecule is CCCN(CC)CCNC(=O)c1ccc(Br)c([N+](=O)[O-])c1. The Morgan fingerprint density at radius 1 is 1.38 bits per heavy atom. The molecule has 0 saturated carbocycles. The van der Waals surface area contributed by atoms with Crippen molar-refractivity contribution in [2.24, 2.45) is 0 Å². The average molecular weight is 358 g/mol. The van der Waals surface area contributed by atoms with Crippen LogP contribution in [0.5, 0.6) is 0 Å². The molecule has 0 spiro atoms. The van der Waals surface area contributed by atoms with Gasteiger partial charge in [0.2, 0.25) is 0 Å². The normalized spacial score (nSPS) is 10.7. The van der Waals surface area contributed by atoms with Gasteiger partial charge in [0.25, 0.3) is 11.6 Å². The van der Waals surface area contributed by atoms with E-state index in [2.05, 4.69) is 40.0 Å². The maximum Gasteiger partial charge on any atom is 0.284 e. The third-order valence-electron chi connectivity index (χ3n) is 3.11. The van der Waals surface area contributed by atoms with Crippen LogP contribution in [0.2, 0.25) is 0 Å². The Morgan fingerprint density at radius 3 is 2.67 bits per heavy atom. The summed E-state index contributed by atoms with van der Waals surface area (Å²) in [7, 11) is 0. The number of nitro groups is 1. The molecule has 0 aliphatic carbocycles. The van der Waals surface area contributed by atoms with Crippen LogP contribution in [0.25, 0.3) is 0 Å². The monoisotopic (exact) mass is 357 g/mol. The topological polar surface area (TPSA) is 75.5 Å². The van der Waals surface area contributed by atoms with Crippen LogP contribution in [0.15, 0.2) is 22.7 Å². The molecule has 0 atom stereocenters. The highest BCUT2D eigenvalue weighted by Crippen LogP contribution is 2.25. The van der Waals surface area contributed by atoms with Crippen molar-refractivity contribution in [1.82, 2.24) is 10.2 Å². The van der Waals surface area contributed by atoms with E-state index in [0.717, 1.165) is 26.1 Å². The third-order valence-corrected chi connectivity index (χ3v) is 3.78. The summed E-state index contributed by atoms with van der Waals surface area (Å²) in [5.74, 6) is -0.293. The fourth-order valence-electron chi connectivity index (χ4n) is 1.97. The molecule has 1 amide bonds. The summed E-state index contributed by atoms with van der Waals surface area (Å²) >= 11 is 3.10. The lowest BCUT2D eigenvalue weighted by Crippen LogP contribution is -2.35. The fourth-order valence-corrected chi connectivity index (χ4v) is 2.36. The highest BCUT2D eigenvalue weighted by atomic mass is 79.9. The number of benzene rings is 1. The number of carbonyl (C=O) groups is 1. The molecule has 1 rings (SSSR count). The first-order valence-electron chi connectivity index (χ1n) is 6.94. The summed E-state index contributed by atoms with van der Waals surface area (Å²) in [5.41, 5.74) is 0.187. The van der Waals surface area contributed by atoms with E-state index < -0.39 is 4.92 Å². The van der Waals surface area contributed by atoms with Crippen molar-refractivity contribution in [3.8, 4) is 0 Å². The Hall–Kier alpha value is -1.47. The number of halogens is 1. The number of carbonyl (C=O) groups excluding carboxylic acids is 1. The van der Waals surface area contributed by atoms with E-state index in [1.54, 1.807) is 6.07 Å². The van der Waals surface area contributed by atoms with E-state index in [4.69, 9.17) is 0 Å². The number of likely N-dealkylation sites (N-methyl/N-ethyl adjacent to an activating group) is 1. The van der Waals surface area contributed by atoms with Crippen molar-refractivity contribution >= 4 is 27.5 Å². The number of hydrogen-bond acceptors (Lipinski definition) is 4. The van der Waals surface area contributed by atoms with E-state index in [9.17, 15) is 14.9 Å². The molecule has 116 valence electrons. The molecule has 0 aliphatic rings. The summed E-state index contributed by atoms with van der Waals surface area (Å²) in [6.07, 6.45) is 1.07. The molecule has 0 saturated heterocycles. The van der Waals surface area contributed by atoms with Crippen LogP contribution < -0.4 is 5.32 Å². The molecule has 0 radical (unpaired) electrons. The molecule has 6 nitrogen and oxygen atoms in total. The van der Waals surface area contributed by atoms with Gasteiger partial charge in [0.05, 0.1) is 9.40 Å². The minimum atomic E-state index is -0.513. The Labute approximate surface area is 132 Å². The van der Waals surface area contributed by atoms with Gasteiger partial charge in [0, 0.05) is 24.7 Å². The van der Waals surface area contributed by atoms with Gasteiger partial charge in [0.15, 0.2) is 0 Å². The number of rotatable bonds is 8. The predicted molar refractivity (Wildman–Crippen MR) is 85.5 cm³/mol. The second-order valence-corrected chi connectivity index (χ2v) is 5.47. The van der Waals surface area contributed by atoms with Gasteiger partial charge in [-0.3, -0.25) is 14.9 Å². The first-order chi connectivity index (χ1) is 9.99. The number of hydrogen-bond donors (Lipinski definition) is 1. The molecule has 0 unspecified atom stereocenters. The quantitative estimate of drug-likeness (QED) is 0.573. The molecule has 1 aromatic carbocycles. The Bertz CT molecular complexity index is 508. The standard InChI is InChI=1S/C14H20BrN3O3/c1-3-8-17(4-2)9-7-16-14(19)11-5-6-12(15)13(10-11)18(20)21/h5-6,10H,3-4,7-9H2,1-2H3,(H,16,19). The van der Waals surface area contributed by atoms with E-state index in [1.165, 1.54) is 12.1 Å². The van der Waals surface area contributed by atoms with Crippen LogP contribution in [0.4, 0.5) is 5.69 Å². The molecule has 0 aliphatic heterocycles. The highest BCUT2D eigenvalue weighted by molar-refractivity contribution is 9.10. The van der Waals surface area contributed by atoms with Gasteiger partial charge < -0.3 is 10.2 Å². The molecular weight excluding hydrogens is 338 g/mol. The zero-order valence-electron chi connectivity index (χ0n) is 12.3. The largest absolute Gasteiger partial charge is 0.351 e. The van der Waals surface area contributed by atoms with Gasteiger partial charge >= 0.3 is 0 Å². The Kier molecular flexibility index (Phi) is 7.31. The predicted octanol–water partition coefficient (Wildman–Crippen LogP) is 2.82. The van der Waals surface area contributed by atoms with Crippen molar-refractivity contribution in [3.05, 3.63) is 38.3 Å². The first kappa shape index (κ1) is 17.6. The highest BCUT2D eigenvalue weighted by Gasteiger charge is 2.15. The summed E-state index contributed by atoms with van der Waals surface area (Å²) in [4.78, 5) is 24.6. The molecule has 7 heteroatoms. The Morgan fingerprint density at radius 2 is 2.10 bits per heavy atom. The number of nitrogens with zero attached hydrogens (tertiary/aromatic N) is 2. The van der Waals surface area contributed by atoms with Gasteiger partial charge in [-0.1, -0.05) is 13.8 Å². The van der Waals surface area contributed by atoms with Crippen LogP contribution in [0, 0.1) is 10.1 Å². The van der Waals surface area contributed by atoms with E-state index in [-0.39, 0.29) is 11.6 Å². The first-order valence-corrected chi connectivity index (χ1v) is 7.73. The molecule has 21 heavy (non-hydrogen) atoms. The van der Waals surface area contributed by atoms with Gasteiger partial charge in [-0.25, -0.2) is 0 Å². The minimum absolute atomic E-state index is 0.108. The van der Waals surface area contributed by atoms with Crippen LogP contribution >= 0.6 is 15.9 Å². The van der Waals surface area contributed by atoms with Crippen LogP contribution in [-0.2, 0) is 0 Å². The van der Waals surface area contributed by atoms with E-state index >= 15 is 0 Å². The van der Waals surface area contributed by atoms with Crippen molar-refractivity contribution in [2.45, 2.75) is 20.3 Å². The van der Waals surface area contributed by atoms with Gasteiger partial charge in [-0.05, 0) is 47.6 Å². The molecule has 0 aromatic heterocycles. The maximum atomic E-state index is 12.0. The van der Waals surface area contributed by atoms with Crippen molar-refractivity contribution in [3.63, 3.8) is 0 Å². The lowest BCUT2D eigenvalue weighted by Gasteiger charge is -2.19. The number of amides is 1.